The monoisotopic (exact) mass is 328 g/mol. The van der Waals surface area contributed by atoms with Crippen LogP contribution in [0.2, 0.25) is 0 Å². The van der Waals surface area contributed by atoms with Gasteiger partial charge < -0.3 is 9.64 Å². The van der Waals surface area contributed by atoms with E-state index in [0.717, 1.165) is 16.3 Å². The third-order valence-electron chi connectivity index (χ3n) is 3.80. The second-order valence-corrected chi connectivity index (χ2v) is 6.62. The molecule has 1 aliphatic heterocycles. The van der Waals surface area contributed by atoms with Crippen LogP contribution >= 0.6 is 11.8 Å². The number of hydrogen-bond acceptors (Lipinski definition) is 4. The molecular weight excluding hydrogens is 308 g/mol. The fourth-order valence-corrected chi connectivity index (χ4v) is 3.21. The number of morpholine rings is 1. The molecule has 23 heavy (non-hydrogen) atoms. The van der Waals surface area contributed by atoms with Crippen LogP contribution in [-0.4, -0.2) is 41.2 Å². The number of carbonyl (C=O) groups is 1. The number of rotatable bonds is 4. The normalized spacial score (nSPS) is 18.0. The SMILES string of the molecule is CCSc1ccc(C(=O)N2CCO[C@@H](c3ccccc3)C2)cn1. The maximum atomic E-state index is 12.7. The Balaban J connectivity index is 1.69. The first-order valence-corrected chi connectivity index (χ1v) is 8.81. The number of carbonyl (C=O) groups excluding carboxylic acids is 1. The first-order chi connectivity index (χ1) is 11.3. The lowest BCUT2D eigenvalue weighted by Crippen LogP contribution is -2.42. The Labute approximate surface area is 140 Å². The van der Waals surface area contributed by atoms with Gasteiger partial charge in [0.2, 0.25) is 0 Å². The Morgan fingerprint density at radius 1 is 1.30 bits per heavy atom. The first-order valence-electron chi connectivity index (χ1n) is 7.82. The second-order valence-electron chi connectivity index (χ2n) is 5.34. The molecule has 1 amide bonds. The van der Waals surface area contributed by atoms with E-state index in [4.69, 9.17) is 4.74 Å². The summed E-state index contributed by atoms with van der Waals surface area (Å²) in [5.41, 5.74) is 1.75. The van der Waals surface area contributed by atoms with E-state index < -0.39 is 0 Å². The fraction of sp³-hybridized carbons (Fsp3) is 0.333. The molecule has 1 atom stereocenters. The first kappa shape index (κ1) is 16.0. The molecule has 1 aromatic heterocycles. The molecule has 4 nitrogen and oxygen atoms in total. The van der Waals surface area contributed by atoms with Gasteiger partial charge in [-0.15, -0.1) is 11.8 Å². The van der Waals surface area contributed by atoms with Gasteiger partial charge in [0.15, 0.2) is 0 Å². The number of nitrogens with zero attached hydrogens (tertiary/aromatic N) is 2. The molecule has 1 aromatic carbocycles. The van der Waals surface area contributed by atoms with Crippen molar-refractivity contribution in [1.82, 2.24) is 9.88 Å². The van der Waals surface area contributed by atoms with Crippen molar-refractivity contribution in [3.63, 3.8) is 0 Å². The van der Waals surface area contributed by atoms with E-state index in [1.165, 1.54) is 0 Å². The number of thioether (sulfide) groups is 1. The van der Waals surface area contributed by atoms with Crippen molar-refractivity contribution >= 4 is 17.7 Å². The zero-order valence-corrected chi connectivity index (χ0v) is 14.0. The van der Waals surface area contributed by atoms with Crippen molar-refractivity contribution in [1.29, 1.82) is 0 Å². The number of ether oxygens (including phenoxy) is 1. The Morgan fingerprint density at radius 2 is 2.13 bits per heavy atom. The molecule has 1 saturated heterocycles. The van der Waals surface area contributed by atoms with E-state index in [1.807, 2.05) is 47.4 Å². The van der Waals surface area contributed by atoms with E-state index in [2.05, 4.69) is 11.9 Å². The highest BCUT2D eigenvalue weighted by molar-refractivity contribution is 7.99. The van der Waals surface area contributed by atoms with Crippen molar-refractivity contribution in [2.75, 3.05) is 25.4 Å². The van der Waals surface area contributed by atoms with Crippen LogP contribution in [0, 0.1) is 0 Å². The molecule has 1 aliphatic rings. The van der Waals surface area contributed by atoms with Gasteiger partial charge >= 0.3 is 0 Å². The quantitative estimate of drug-likeness (QED) is 0.807. The number of aromatic nitrogens is 1. The molecule has 0 radical (unpaired) electrons. The number of amides is 1. The van der Waals surface area contributed by atoms with Gasteiger partial charge in [-0.2, -0.15) is 0 Å². The Hall–Kier alpha value is -1.85. The smallest absolute Gasteiger partial charge is 0.255 e. The minimum absolute atomic E-state index is 0.0229. The molecule has 2 heterocycles. The summed E-state index contributed by atoms with van der Waals surface area (Å²) in [7, 11) is 0. The maximum Gasteiger partial charge on any atom is 0.255 e. The van der Waals surface area contributed by atoms with Gasteiger partial charge in [-0.1, -0.05) is 37.3 Å². The molecule has 120 valence electrons. The Bertz CT molecular complexity index is 646. The largest absolute Gasteiger partial charge is 0.370 e. The number of benzene rings is 1. The highest BCUT2D eigenvalue weighted by atomic mass is 32.2. The summed E-state index contributed by atoms with van der Waals surface area (Å²) in [6, 6.07) is 13.8. The van der Waals surface area contributed by atoms with Crippen LogP contribution in [0.1, 0.15) is 28.9 Å². The predicted molar refractivity (Wildman–Crippen MR) is 91.7 cm³/mol. The lowest BCUT2D eigenvalue weighted by Gasteiger charge is -2.33. The molecule has 3 rings (SSSR count). The third kappa shape index (κ3) is 3.92. The molecule has 0 saturated carbocycles. The number of hydrogen-bond donors (Lipinski definition) is 0. The molecule has 1 fully saturated rings. The van der Waals surface area contributed by atoms with E-state index >= 15 is 0 Å². The number of pyridine rings is 1. The minimum atomic E-state index is -0.0585. The maximum absolute atomic E-state index is 12.7. The van der Waals surface area contributed by atoms with Crippen LogP contribution < -0.4 is 0 Å². The average molecular weight is 328 g/mol. The standard InChI is InChI=1S/C18H20N2O2S/c1-2-23-17-9-8-15(12-19-17)18(21)20-10-11-22-16(13-20)14-6-4-3-5-7-14/h3-9,12,16H,2,10-11,13H2,1H3/t16-/m1/s1. The zero-order chi connectivity index (χ0) is 16.1. The van der Waals surface area contributed by atoms with Gasteiger partial charge in [-0.3, -0.25) is 4.79 Å². The van der Waals surface area contributed by atoms with Gasteiger partial charge in [0.05, 0.1) is 23.7 Å². The van der Waals surface area contributed by atoms with E-state index in [1.54, 1.807) is 18.0 Å². The van der Waals surface area contributed by atoms with E-state index in [-0.39, 0.29) is 12.0 Å². The summed E-state index contributed by atoms with van der Waals surface area (Å²) in [4.78, 5) is 18.9. The summed E-state index contributed by atoms with van der Waals surface area (Å²) >= 11 is 1.67. The van der Waals surface area contributed by atoms with Crippen LogP contribution in [0.3, 0.4) is 0 Å². The summed E-state index contributed by atoms with van der Waals surface area (Å²) in [6.07, 6.45) is 1.62. The lowest BCUT2D eigenvalue weighted by atomic mass is 10.1. The minimum Gasteiger partial charge on any atom is -0.370 e. The zero-order valence-electron chi connectivity index (χ0n) is 13.1. The third-order valence-corrected chi connectivity index (χ3v) is 4.63. The molecule has 5 heteroatoms. The molecule has 0 N–H and O–H groups in total. The van der Waals surface area contributed by atoms with Crippen LogP contribution in [0.4, 0.5) is 0 Å². The van der Waals surface area contributed by atoms with Crippen molar-refractivity contribution in [2.24, 2.45) is 0 Å². The van der Waals surface area contributed by atoms with Gasteiger partial charge in [-0.25, -0.2) is 4.98 Å². The van der Waals surface area contributed by atoms with Crippen molar-refractivity contribution in [2.45, 2.75) is 18.1 Å². The van der Waals surface area contributed by atoms with Gasteiger partial charge in [-0.05, 0) is 23.4 Å². The Morgan fingerprint density at radius 3 is 2.83 bits per heavy atom. The van der Waals surface area contributed by atoms with Crippen LogP contribution in [-0.2, 0) is 4.74 Å². The van der Waals surface area contributed by atoms with Crippen molar-refractivity contribution in [3.05, 3.63) is 59.8 Å². The second kappa shape index (κ2) is 7.62. The lowest BCUT2D eigenvalue weighted by molar-refractivity contribution is -0.0228. The molecule has 0 unspecified atom stereocenters. The molecule has 0 aliphatic carbocycles. The fourth-order valence-electron chi connectivity index (χ4n) is 2.63. The van der Waals surface area contributed by atoms with Gasteiger partial charge in [0.25, 0.3) is 5.91 Å². The van der Waals surface area contributed by atoms with E-state index in [9.17, 15) is 4.79 Å². The summed E-state index contributed by atoms with van der Waals surface area (Å²) in [5.74, 6) is 0.998. The predicted octanol–water partition coefficient (Wildman–Crippen LogP) is 3.41. The average Bonchev–Trinajstić information content (AvgIpc) is 2.63. The highest BCUT2D eigenvalue weighted by Gasteiger charge is 2.26. The molecule has 2 aromatic rings. The molecule has 0 bridgehead atoms. The van der Waals surface area contributed by atoms with Gasteiger partial charge in [0, 0.05) is 12.7 Å². The molecular formula is C18H20N2O2S. The topological polar surface area (TPSA) is 42.4 Å². The summed E-state index contributed by atoms with van der Waals surface area (Å²) < 4.78 is 5.82. The van der Waals surface area contributed by atoms with E-state index in [0.29, 0.717) is 25.3 Å². The van der Waals surface area contributed by atoms with Crippen LogP contribution in [0.15, 0.2) is 53.7 Å². The summed E-state index contributed by atoms with van der Waals surface area (Å²) in [6.45, 7) is 3.84. The molecule has 0 spiro atoms. The summed E-state index contributed by atoms with van der Waals surface area (Å²) in [5, 5.41) is 0.952. The van der Waals surface area contributed by atoms with Crippen molar-refractivity contribution in [3.8, 4) is 0 Å². The van der Waals surface area contributed by atoms with Crippen LogP contribution in [0.25, 0.3) is 0 Å². The highest BCUT2D eigenvalue weighted by Crippen LogP contribution is 2.23. The van der Waals surface area contributed by atoms with Crippen molar-refractivity contribution < 1.29 is 9.53 Å². The van der Waals surface area contributed by atoms with Gasteiger partial charge in [0.1, 0.15) is 6.10 Å². The van der Waals surface area contributed by atoms with Crippen LogP contribution in [0.5, 0.6) is 0 Å². The Kier molecular flexibility index (Phi) is 5.31.